The predicted octanol–water partition coefficient (Wildman–Crippen LogP) is 6.26. The summed E-state index contributed by atoms with van der Waals surface area (Å²) in [7, 11) is 0. The summed E-state index contributed by atoms with van der Waals surface area (Å²) in [6, 6.07) is 19.4. The first-order valence-electron chi connectivity index (χ1n) is 8.80. The van der Waals surface area contributed by atoms with Crippen molar-refractivity contribution in [2.24, 2.45) is 0 Å². The lowest BCUT2D eigenvalue weighted by molar-refractivity contribution is -0.112. The number of nitriles is 1. The number of rotatable bonds is 6. The first kappa shape index (κ1) is 21.4. The van der Waals surface area contributed by atoms with Crippen LogP contribution in [0.25, 0.3) is 6.08 Å². The second-order valence-electron chi connectivity index (χ2n) is 6.24. The Hall–Kier alpha value is -3.33. The minimum atomic E-state index is -0.553. The van der Waals surface area contributed by atoms with Gasteiger partial charge in [0.2, 0.25) is 0 Å². The molecule has 0 atom stereocenters. The van der Waals surface area contributed by atoms with Crippen LogP contribution in [0.4, 0.5) is 10.1 Å². The molecule has 0 unspecified atom stereocenters. The van der Waals surface area contributed by atoms with E-state index in [-0.39, 0.29) is 18.0 Å². The number of nitrogens with one attached hydrogen (secondary N) is 1. The summed E-state index contributed by atoms with van der Waals surface area (Å²) in [6.45, 7) is 0.152. The largest absolute Gasteiger partial charge is 0.487 e. The lowest BCUT2D eigenvalue weighted by atomic mass is 10.1. The molecule has 1 N–H and O–H groups in total. The normalized spacial score (nSPS) is 10.9. The number of benzene rings is 3. The van der Waals surface area contributed by atoms with Crippen molar-refractivity contribution in [2.75, 3.05) is 5.32 Å². The molecule has 0 aromatic heterocycles. The first-order chi connectivity index (χ1) is 14.4. The number of carbonyl (C=O) groups is 1. The van der Waals surface area contributed by atoms with Crippen LogP contribution in [0.2, 0.25) is 10.0 Å². The number of hydrogen-bond donors (Lipinski definition) is 1. The highest BCUT2D eigenvalue weighted by atomic mass is 35.5. The van der Waals surface area contributed by atoms with Gasteiger partial charge >= 0.3 is 0 Å². The quantitative estimate of drug-likeness (QED) is 0.363. The van der Waals surface area contributed by atoms with Crippen molar-refractivity contribution >= 4 is 40.9 Å². The standard InChI is InChI=1S/C23H15Cl2FN2O2/c24-18-5-7-20(8-6-18)28-23(29)17(13-27)10-15-4-9-22(21(25)12-15)30-14-16-2-1-3-19(26)11-16/h1-12H,14H2,(H,28,29)/b17-10+. The monoisotopic (exact) mass is 440 g/mol. The van der Waals surface area contributed by atoms with Gasteiger partial charge in [-0.2, -0.15) is 5.26 Å². The van der Waals surface area contributed by atoms with E-state index >= 15 is 0 Å². The molecule has 0 spiro atoms. The van der Waals surface area contributed by atoms with E-state index in [1.54, 1.807) is 54.6 Å². The van der Waals surface area contributed by atoms with Crippen molar-refractivity contribution < 1.29 is 13.9 Å². The van der Waals surface area contributed by atoms with Crippen LogP contribution >= 0.6 is 23.2 Å². The molecular weight excluding hydrogens is 426 g/mol. The first-order valence-corrected chi connectivity index (χ1v) is 9.56. The Bertz CT molecular complexity index is 1140. The van der Waals surface area contributed by atoms with E-state index in [1.165, 1.54) is 18.2 Å². The molecule has 3 aromatic carbocycles. The average Bonchev–Trinajstić information content (AvgIpc) is 2.73. The molecule has 0 fully saturated rings. The fraction of sp³-hybridized carbons (Fsp3) is 0.0435. The molecule has 4 nitrogen and oxygen atoms in total. The van der Waals surface area contributed by atoms with Gasteiger partial charge in [0.1, 0.15) is 29.8 Å². The summed E-state index contributed by atoms with van der Waals surface area (Å²) in [5.41, 5.74) is 1.65. The Morgan fingerprint density at radius 3 is 2.53 bits per heavy atom. The van der Waals surface area contributed by atoms with Gasteiger partial charge in [-0.3, -0.25) is 4.79 Å². The van der Waals surface area contributed by atoms with Crippen LogP contribution in [-0.4, -0.2) is 5.91 Å². The van der Waals surface area contributed by atoms with Gasteiger partial charge < -0.3 is 10.1 Å². The van der Waals surface area contributed by atoms with Crippen molar-refractivity contribution in [2.45, 2.75) is 6.61 Å². The summed E-state index contributed by atoms with van der Waals surface area (Å²) in [6.07, 6.45) is 1.42. The summed E-state index contributed by atoms with van der Waals surface area (Å²) < 4.78 is 18.9. The molecule has 0 heterocycles. The average molecular weight is 441 g/mol. The van der Waals surface area contributed by atoms with E-state index < -0.39 is 5.91 Å². The predicted molar refractivity (Wildman–Crippen MR) is 116 cm³/mol. The maximum Gasteiger partial charge on any atom is 0.266 e. The van der Waals surface area contributed by atoms with E-state index in [0.29, 0.717) is 32.6 Å². The van der Waals surface area contributed by atoms with Gasteiger partial charge in [0, 0.05) is 10.7 Å². The van der Waals surface area contributed by atoms with Crippen molar-refractivity contribution in [3.8, 4) is 11.8 Å². The van der Waals surface area contributed by atoms with Gasteiger partial charge in [-0.15, -0.1) is 0 Å². The Morgan fingerprint density at radius 1 is 1.10 bits per heavy atom. The van der Waals surface area contributed by atoms with Crippen LogP contribution in [0.15, 0.2) is 72.3 Å². The highest BCUT2D eigenvalue weighted by Crippen LogP contribution is 2.27. The van der Waals surface area contributed by atoms with Gasteiger partial charge in [0.05, 0.1) is 5.02 Å². The lowest BCUT2D eigenvalue weighted by Crippen LogP contribution is -2.13. The minimum absolute atomic E-state index is 0.0885. The second kappa shape index (κ2) is 9.93. The molecule has 0 bridgehead atoms. The summed E-state index contributed by atoms with van der Waals surface area (Å²) in [5.74, 6) is -0.492. The van der Waals surface area contributed by atoms with Crippen LogP contribution in [0.3, 0.4) is 0 Å². The molecule has 7 heteroatoms. The topological polar surface area (TPSA) is 62.1 Å². The number of anilines is 1. The zero-order chi connectivity index (χ0) is 21.5. The van der Waals surface area contributed by atoms with Gasteiger partial charge in [-0.25, -0.2) is 4.39 Å². The number of amides is 1. The van der Waals surface area contributed by atoms with E-state index in [9.17, 15) is 14.4 Å². The van der Waals surface area contributed by atoms with Gasteiger partial charge in [-0.1, -0.05) is 41.4 Å². The fourth-order valence-corrected chi connectivity index (χ4v) is 2.93. The summed E-state index contributed by atoms with van der Waals surface area (Å²) in [5, 5.41) is 12.8. The molecule has 30 heavy (non-hydrogen) atoms. The molecule has 3 aromatic rings. The third-order valence-corrected chi connectivity index (χ3v) is 4.56. The number of hydrogen-bond acceptors (Lipinski definition) is 3. The van der Waals surface area contributed by atoms with Gasteiger partial charge in [-0.05, 0) is 65.7 Å². The zero-order valence-electron chi connectivity index (χ0n) is 15.5. The molecule has 0 saturated heterocycles. The third-order valence-electron chi connectivity index (χ3n) is 4.02. The molecular formula is C23H15Cl2FN2O2. The summed E-state index contributed by atoms with van der Waals surface area (Å²) >= 11 is 12.1. The van der Waals surface area contributed by atoms with Crippen LogP contribution in [0.1, 0.15) is 11.1 Å². The maximum absolute atomic E-state index is 13.2. The SMILES string of the molecule is N#C/C(=C\c1ccc(OCc2cccc(F)c2)c(Cl)c1)C(=O)Nc1ccc(Cl)cc1. The number of carbonyl (C=O) groups excluding carboxylic acids is 1. The van der Waals surface area contributed by atoms with Gasteiger partial charge in [0.25, 0.3) is 5.91 Å². The van der Waals surface area contributed by atoms with Crippen molar-refractivity contribution in [3.05, 3.63) is 99.3 Å². The Balaban J connectivity index is 1.70. The Labute approximate surface area is 183 Å². The second-order valence-corrected chi connectivity index (χ2v) is 7.08. The Kier molecular flexibility index (Phi) is 7.08. The van der Waals surface area contributed by atoms with Crippen LogP contribution in [0.5, 0.6) is 5.75 Å². The highest BCUT2D eigenvalue weighted by Gasteiger charge is 2.11. The van der Waals surface area contributed by atoms with Crippen LogP contribution in [-0.2, 0) is 11.4 Å². The third kappa shape index (κ3) is 5.84. The molecule has 150 valence electrons. The van der Waals surface area contributed by atoms with E-state index in [1.807, 2.05) is 6.07 Å². The molecule has 0 aliphatic heterocycles. The van der Waals surface area contributed by atoms with Crippen LogP contribution < -0.4 is 10.1 Å². The lowest BCUT2D eigenvalue weighted by Gasteiger charge is -2.09. The van der Waals surface area contributed by atoms with E-state index in [0.717, 1.165) is 0 Å². The number of ether oxygens (including phenoxy) is 1. The van der Waals surface area contributed by atoms with Gasteiger partial charge in [0.15, 0.2) is 0 Å². The molecule has 3 rings (SSSR count). The van der Waals surface area contributed by atoms with Crippen LogP contribution in [0, 0.1) is 17.1 Å². The smallest absolute Gasteiger partial charge is 0.266 e. The maximum atomic E-state index is 13.2. The molecule has 0 aliphatic carbocycles. The molecule has 0 radical (unpaired) electrons. The Morgan fingerprint density at radius 2 is 1.87 bits per heavy atom. The van der Waals surface area contributed by atoms with Crippen molar-refractivity contribution in [3.63, 3.8) is 0 Å². The fourth-order valence-electron chi connectivity index (χ4n) is 2.56. The molecule has 1 amide bonds. The van der Waals surface area contributed by atoms with Crippen molar-refractivity contribution in [1.29, 1.82) is 5.26 Å². The highest BCUT2D eigenvalue weighted by molar-refractivity contribution is 6.32. The summed E-state index contributed by atoms with van der Waals surface area (Å²) in [4.78, 5) is 12.3. The zero-order valence-corrected chi connectivity index (χ0v) is 17.0. The van der Waals surface area contributed by atoms with Crippen molar-refractivity contribution in [1.82, 2.24) is 0 Å². The minimum Gasteiger partial charge on any atom is -0.487 e. The molecule has 0 aliphatic rings. The molecule has 0 saturated carbocycles. The number of nitrogens with zero attached hydrogens (tertiary/aromatic N) is 1. The van der Waals surface area contributed by atoms with E-state index in [4.69, 9.17) is 27.9 Å². The van der Waals surface area contributed by atoms with E-state index in [2.05, 4.69) is 5.32 Å². The number of halogens is 3.